The van der Waals surface area contributed by atoms with Crippen LogP contribution >= 0.6 is 11.6 Å². The number of phenolic OH excluding ortho intramolecular Hbond substituents is 1. The summed E-state index contributed by atoms with van der Waals surface area (Å²) >= 11 is 6.86. The number of hydrogen-bond acceptors (Lipinski definition) is 7. The number of fused-ring (bicyclic) bond motifs is 4. The summed E-state index contributed by atoms with van der Waals surface area (Å²) in [6.45, 7) is 1.57. The van der Waals surface area contributed by atoms with Gasteiger partial charge in [-0.15, -0.1) is 0 Å². The van der Waals surface area contributed by atoms with Crippen LogP contribution in [0.3, 0.4) is 0 Å². The third kappa shape index (κ3) is 4.52. The maximum atomic E-state index is 16.7. The fourth-order valence-electron chi connectivity index (χ4n) is 6.81. The number of benzene rings is 3. The van der Waals surface area contributed by atoms with Crippen molar-refractivity contribution in [3.05, 3.63) is 53.3 Å². The van der Waals surface area contributed by atoms with Gasteiger partial charge in [0.1, 0.15) is 23.2 Å². The first-order valence-corrected chi connectivity index (χ1v) is 14.5. The molecule has 1 saturated carbocycles. The Morgan fingerprint density at radius 1 is 1.02 bits per heavy atom. The molecular formula is C31H33ClFN5O2. The zero-order valence-corrected chi connectivity index (χ0v) is 23.5. The van der Waals surface area contributed by atoms with Crippen molar-refractivity contribution in [1.82, 2.24) is 20.2 Å². The lowest BCUT2D eigenvalue weighted by Crippen LogP contribution is -2.51. The maximum Gasteiger partial charge on any atom is 0.319 e. The molecule has 3 aromatic carbocycles. The second-order valence-electron chi connectivity index (χ2n) is 11.7. The number of phenols is 1. The van der Waals surface area contributed by atoms with Gasteiger partial charge in [0.2, 0.25) is 0 Å². The van der Waals surface area contributed by atoms with E-state index in [-0.39, 0.29) is 34.0 Å². The molecule has 3 fully saturated rings. The van der Waals surface area contributed by atoms with Crippen LogP contribution in [0.1, 0.15) is 32.1 Å². The largest absolute Gasteiger partial charge is 0.508 e. The smallest absolute Gasteiger partial charge is 0.319 e. The molecule has 0 amide bonds. The topological polar surface area (TPSA) is 73.8 Å². The molecule has 2 N–H and O–H groups in total. The van der Waals surface area contributed by atoms with Gasteiger partial charge in [0.15, 0.2) is 5.82 Å². The third-order valence-corrected chi connectivity index (χ3v) is 9.13. The van der Waals surface area contributed by atoms with Crippen molar-refractivity contribution in [3.63, 3.8) is 0 Å². The van der Waals surface area contributed by atoms with Crippen LogP contribution in [0.15, 0.2) is 42.5 Å². The van der Waals surface area contributed by atoms with Crippen LogP contribution in [0.25, 0.3) is 32.8 Å². The van der Waals surface area contributed by atoms with Gasteiger partial charge >= 0.3 is 6.01 Å². The van der Waals surface area contributed by atoms with Gasteiger partial charge in [-0.2, -0.15) is 9.97 Å². The summed E-state index contributed by atoms with van der Waals surface area (Å²) in [5.41, 5.74) is 0.915. The quantitative estimate of drug-likeness (QED) is 0.321. The molecule has 7 nitrogen and oxygen atoms in total. The van der Waals surface area contributed by atoms with Crippen LogP contribution in [-0.2, 0) is 0 Å². The molecule has 2 bridgehead atoms. The Bertz CT molecular complexity index is 1600. The third-order valence-electron chi connectivity index (χ3n) is 8.83. The number of hydrogen-bond donors (Lipinski definition) is 2. The molecule has 40 heavy (non-hydrogen) atoms. The van der Waals surface area contributed by atoms with E-state index >= 15 is 4.39 Å². The SMILES string of the molecule is CN(C)[C@@H]1CC[C@H](Oc2nc(N3CC4CCC(C3)N4)c3cc(Cl)c(-c4cc(O)cc5ccccc45)c(F)c3n2)C1. The average molecular weight is 562 g/mol. The summed E-state index contributed by atoms with van der Waals surface area (Å²) in [6.07, 6.45) is 5.03. The van der Waals surface area contributed by atoms with E-state index in [1.165, 1.54) is 0 Å². The molecule has 1 aliphatic carbocycles. The predicted octanol–water partition coefficient (Wildman–Crippen LogP) is 5.75. The molecule has 208 valence electrons. The Morgan fingerprint density at radius 3 is 2.55 bits per heavy atom. The minimum absolute atomic E-state index is 0.0262. The maximum absolute atomic E-state index is 16.7. The first-order chi connectivity index (χ1) is 19.3. The van der Waals surface area contributed by atoms with Crippen LogP contribution in [0.2, 0.25) is 5.02 Å². The van der Waals surface area contributed by atoms with Gasteiger partial charge in [0, 0.05) is 42.2 Å². The number of piperazine rings is 1. The predicted molar refractivity (Wildman–Crippen MR) is 157 cm³/mol. The van der Waals surface area contributed by atoms with E-state index in [1.807, 2.05) is 24.3 Å². The Balaban J connectivity index is 1.39. The van der Waals surface area contributed by atoms with E-state index in [4.69, 9.17) is 21.3 Å². The minimum Gasteiger partial charge on any atom is -0.508 e. The summed E-state index contributed by atoms with van der Waals surface area (Å²) in [7, 11) is 4.17. The molecule has 3 heterocycles. The lowest BCUT2D eigenvalue weighted by Gasteiger charge is -2.34. The standard InChI is InChI=1S/C31H33ClFN5O2/c1-37(2)20-9-10-22(12-20)40-31-35-29-25(30(36-31)38-15-18-7-8-19(16-38)34-18)14-26(32)27(28(29)33)24-13-21(39)11-17-5-3-4-6-23(17)24/h3-6,11,13-14,18-20,22,34,39H,7-10,12,15-16H2,1-2H3/t18?,19?,20-,22+/m1/s1. The highest BCUT2D eigenvalue weighted by Gasteiger charge is 2.35. The molecule has 7 rings (SSSR count). The zero-order chi connectivity index (χ0) is 27.5. The number of anilines is 1. The number of nitrogens with one attached hydrogen (secondary N) is 1. The van der Waals surface area contributed by atoms with Crippen molar-refractivity contribution < 1.29 is 14.2 Å². The van der Waals surface area contributed by atoms with Crippen molar-refractivity contribution in [2.75, 3.05) is 32.1 Å². The fraction of sp³-hybridized carbons (Fsp3) is 0.419. The van der Waals surface area contributed by atoms with Crippen molar-refractivity contribution in [1.29, 1.82) is 0 Å². The number of nitrogens with zero attached hydrogens (tertiary/aromatic N) is 4. The summed E-state index contributed by atoms with van der Waals surface area (Å²) < 4.78 is 23.1. The van der Waals surface area contributed by atoms with Gasteiger partial charge in [0.25, 0.3) is 0 Å². The van der Waals surface area contributed by atoms with Gasteiger partial charge in [-0.1, -0.05) is 35.9 Å². The molecule has 4 aromatic rings. The van der Waals surface area contributed by atoms with Crippen molar-refractivity contribution >= 4 is 39.1 Å². The number of ether oxygens (including phenoxy) is 1. The normalized spacial score (nSPS) is 24.5. The summed E-state index contributed by atoms with van der Waals surface area (Å²) in [5.74, 6) is 0.167. The van der Waals surface area contributed by atoms with Crippen LogP contribution in [-0.4, -0.2) is 71.4 Å². The highest BCUT2D eigenvalue weighted by atomic mass is 35.5. The van der Waals surface area contributed by atoms with E-state index in [0.717, 1.165) is 56.0 Å². The highest BCUT2D eigenvalue weighted by molar-refractivity contribution is 6.35. The van der Waals surface area contributed by atoms with Gasteiger partial charge in [-0.3, -0.25) is 0 Å². The number of aromatic nitrogens is 2. The van der Waals surface area contributed by atoms with Crippen LogP contribution in [0.5, 0.6) is 11.8 Å². The van der Waals surface area contributed by atoms with Gasteiger partial charge in [-0.25, -0.2) is 4.39 Å². The molecule has 2 aliphatic heterocycles. The fourth-order valence-corrected chi connectivity index (χ4v) is 7.11. The van der Waals surface area contributed by atoms with Crippen LogP contribution in [0, 0.1) is 5.82 Å². The van der Waals surface area contributed by atoms with E-state index in [0.29, 0.717) is 34.9 Å². The van der Waals surface area contributed by atoms with E-state index in [2.05, 4.69) is 34.2 Å². The van der Waals surface area contributed by atoms with Crippen molar-refractivity contribution in [2.24, 2.45) is 0 Å². The first-order valence-electron chi connectivity index (χ1n) is 14.1. The van der Waals surface area contributed by atoms with Crippen LogP contribution < -0.4 is 15.0 Å². The Kier molecular flexibility index (Phi) is 6.45. The lowest BCUT2D eigenvalue weighted by molar-refractivity contribution is 0.179. The van der Waals surface area contributed by atoms with Crippen molar-refractivity contribution in [3.8, 4) is 22.9 Å². The molecule has 9 heteroatoms. The summed E-state index contributed by atoms with van der Waals surface area (Å²) in [4.78, 5) is 14.0. The second-order valence-corrected chi connectivity index (χ2v) is 12.1. The van der Waals surface area contributed by atoms with Gasteiger partial charge in [-0.05, 0) is 80.7 Å². The Labute approximate surface area is 237 Å². The van der Waals surface area contributed by atoms with E-state index in [9.17, 15) is 5.11 Å². The summed E-state index contributed by atoms with van der Waals surface area (Å²) in [6, 6.07) is 14.0. The highest BCUT2D eigenvalue weighted by Crippen LogP contribution is 2.43. The Morgan fingerprint density at radius 2 is 1.80 bits per heavy atom. The number of aromatic hydroxyl groups is 1. The molecule has 3 aliphatic rings. The molecule has 0 radical (unpaired) electrons. The second kappa shape index (κ2) is 10.0. The summed E-state index contributed by atoms with van der Waals surface area (Å²) in [5, 5.41) is 16.6. The lowest BCUT2D eigenvalue weighted by atomic mass is 9.96. The molecule has 1 aromatic heterocycles. The monoisotopic (exact) mass is 561 g/mol. The zero-order valence-electron chi connectivity index (χ0n) is 22.7. The molecule has 0 spiro atoms. The van der Waals surface area contributed by atoms with Gasteiger partial charge in [0.05, 0.1) is 5.02 Å². The average Bonchev–Trinajstić information content (AvgIpc) is 3.54. The number of halogens is 2. The number of rotatable bonds is 5. The molecular weight excluding hydrogens is 529 g/mol. The van der Waals surface area contributed by atoms with Crippen molar-refractivity contribution in [2.45, 2.75) is 56.3 Å². The molecule has 2 saturated heterocycles. The molecule has 4 atom stereocenters. The van der Waals surface area contributed by atoms with Gasteiger partial charge < -0.3 is 25.0 Å². The van der Waals surface area contributed by atoms with E-state index < -0.39 is 5.82 Å². The first kappa shape index (κ1) is 25.7. The Hall–Kier alpha value is -3.20. The minimum atomic E-state index is -0.539. The molecule has 2 unspecified atom stereocenters. The van der Waals surface area contributed by atoms with Crippen LogP contribution in [0.4, 0.5) is 10.2 Å². The van der Waals surface area contributed by atoms with E-state index in [1.54, 1.807) is 18.2 Å².